The van der Waals surface area contributed by atoms with Crippen LogP contribution in [0.15, 0.2) is 54.6 Å². The minimum absolute atomic E-state index is 0.101. The van der Waals surface area contributed by atoms with E-state index in [1.54, 1.807) is 32.0 Å². The summed E-state index contributed by atoms with van der Waals surface area (Å²) in [5, 5.41) is -0.671. The van der Waals surface area contributed by atoms with Crippen molar-refractivity contribution in [3.8, 4) is 0 Å². The van der Waals surface area contributed by atoms with Gasteiger partial charge >= 0.3 is 0 Å². The van der Waals surface area contributed by atoms with Gasteiger partial charge in [0, 0.05) is 6.08 Å². The molecule has 8 heteroatoms. The molecule has 0 saturated heterocycles. The van der Waals surface area contributed by atoms with Gasteiger partial charge in [-0.1, -0.05) is 36.4 Å². The third-order valence-corrected chi connectivity index (χ3v) is 6.25. The predicted octanol–water partition coefficient (Wildman–Crippen LogP) is 2.12. The summed E-state index contributed by atoms with van der Waals surface area (Å²) in [6, 6.07) is 14.3. The van der Waals surface area contributed by atoms with Gasteiger partial charge in [-0.2, -0.15) is 0 Å². The maximum absolute atomic E-state index is 12.7. The largest absolute Gasteiger partial charge is 0.368 e. The molecule has 0 aliphatic rings. The fourth-order valence-electron chi connectivity index (χ4n) is 2.81. The van der Waals surface area contributed by atoms with Gasteiger partial charge in [0.15, 0.2) is 0 Å². The average Bonchev–Trinajstić information content (AvgIpc) is 2.95. The summed E-state index contributed by atoms with van der Waals surface area (Å²) in [6.07, 6.45) is 1.32. The Morgan fingerprint density at radius 1 is 1.11 bits per heavy atom. The lowest BCUT2D eigenvalue weighted by molar-refractivity contribution is -0.113. The molecule has 7 nitrogen and oxygen atoms in total. The van der Waals surface area contributed by atoms with Crippen LogP contribution >= 0.6 is 0 Å². The SMILES string of the molecule is CC(C)S(=O)(=O)n1c(N)nc2ccc(/C(=C\C(N)=O)c3ccccc3)cc21. The van der Waals surface area contributed by atoms with Gasteiger partial charge in [0.05, 0.1) is 16.3 Å². The molecule has 0 atom stereocenters. The average molecular weight is 384 g/mol. The Balaban J connectivity index is 2.28. The Bertz CT molecular complexity index is 1150. The van der Waals surface area contributed by atoms with Gasteiger partial charge in [-0.3, -0.25) is 4.79 Å². The first kappa shape index (κ1) is 18.7. The molecule has 0 saturated carbocycles. The lowest BCUT2D eigenvalue weighted by Crippen LogP contribution is -2.23. The van der Waals surface area contributed by atoms with Crippen LogP contribution in [0.3, 0.4) is 0 Å². The molecule has 4 N–H and O–H groups in total. The van der Waals surface area contributed by atoms with Crippen molar-refractivity contribution < 1.29 is 13.2 Å². The number of anilines is 1. The Morgan fingerprint density at radius 3 is 2.37 bits per heavy atom. The van der Waals surface area contributed by atoms with E-state index in [-0.39, 0.29) is 5.95 Å². The number of nitrogen functional groups attached to an aromatic ring is 1. The van der Waals surface area contributed by atoms with Gasteiger partial charge in [-0.15, -0.1) is 0 Å². The van der Waals surface area contributed by atoms with Crippen molar-refractivity contribution in [2.45, 2.75) is 19.1 Å². The molecule has 3 aromatic rings. The lowest BCUT2D eigenvalue weighted by Gasteiger charge is -2.12. The van der Waals surface area contributed by atoms with Crippen LogP contribution in [0.2, 0.25) is 0 Å². The van der Waals surface area contributed by atoms with E-state index in [0.29, 0.717) is 22.2 Å². The van der Waals surface area contributed by atoms with E-state index < -0.39 is 21.2 Å². The van der Waals surface area contributed by atoms with Crippen molar-refractivity contribution in [3.63, 3.8) is 0 Å². The van der Waals surface area contributed by atoms with Gasteiger partial charge in [0.1, 0.15) is 0 Å². The molecule has 1 amide bonds. The number of amides is 1. The molecule has 0 aliphatic heterocycles. The standard InChI is InChI=1S/C19H20N4O3S/c1-12(2)27(25,26)23-17-10-14(8-9-16(17)22-19(23)21)15(11-18(20)24)13-6-4-3-5-7-13/h3-12H,1-2H3,(H2,20,24)(H2,21,22)/b15-11-. The highest BCUT2D eigenvalue weighted by molar-refractivity contribution is 7.90. The van der Waals surface area contributed by atoms with Crippen LogP contribution in [0.25, 0.3) is 16.6 Å². The topological polar surface area (TPSA) is 121 Å². The summed E-state index contributed by atoms with van der Waals surface area (Å²) in [4.78, 5) is 15.7. The smallest absolute Gasteiger partial charge is 0.244 e. The number of aromatic nitrogens is 2. The summed E-state index contributed by atoms with van der Waals surface area (Å²) in [5.41, 5.74) is 14.0. The highest BCUT2D eigenvalue weighted by Crippen LogP contribution is 2.29. The number of hydrogen-bond acceptors (Lipinski definition) is 5. The molecule has 140 valence electrons. The first-order valence-electron chi connectivity index (χ1n) is 8.31. The van der Waals surface area contributed by atoms with E-state index in [4.69, 9.17) is 11.5 Å². The zero-order chi connectivity index (χ0) is 19.8. The monoisotopic (exact) mass is 384 g/mol. The van der Waals surface area contributed by atoms with Crippen molar-refractivity contribution >= 4 is 38.5 Å². The molecule has 0 bridgehead atoms. The van der Waals surface area contributed by atoms with Gasteiger partial charge in [-0.25, -0.2) is 17.4 Å². The van der Waals surface area contributed by atoms with Crippen molar-refractivity contribution in [2.75, 3.05) is 5.73 Å². The predicted molar refractivity (Wildman–Crippen MR) is 106 cm³/mol. The molecular formula is C19H20N4O3S. The molecular weight excluding hydrogens is 364 g/mol. The molecule has 3 rings (SSSR count). The minimum Gasteiger partial charge on any atom is -0.368 e. The Hall–Kier alpha value is -3.13. The molecule has 0 aliphatic carbocycles. The summed E-state index contributed by atoms with van der Waals surface area (Å²) in [5.74, 6) is -0.701. The van der Waals surface area contributed by atoms with Crippen molar-refractivity contribution in [1.82, 2.24) is 8.96 Å². The number of benzene rings is 2. The van der Waals surface area contributed by atoms with Crippen LogP contribution in [0.1, 0.15) is 25.0 Å². The summed E-state index contributed by atoms with van der Waals surface area (Å²) >= 11 is 0. The van der Waals surface area contributed by atoms with Crippen LogP contribution in [0.5, 0.6) is 0 Å². The molecule has 0 radical (unpaired) electrons. The van der Waals surface area contributed by atoms with Crippen LogP contribution in [0.4, 0.5) is 5.95 Å². The van der Waals surface area contributed by atoms with Gasteiger partial charge in [0.25, 0.3) is 0 Å². The Morgan fingerprint density at radius 2 is 1.78 bits per heavy atom. The van der Waals surface area contributed by atoms with E-state index in [1.807, 2.05) is 30.3 Å². The maximum atomic E-state index is 12.7. The number of nitrogens with two attached hydrogens (primary N) is 2. The zero-order valence-electron chi connectivity index (χ0n) is 15.0. The third-order valence-electron chi connectivity index (χ3n) is 4.17. The van der Waals surface area contributed by atoms with Crippen LogP contribution < -0.4 is 11.5 Å². The number of fused-ring (bicyclic) bond motifs is 1. The zero-order valence-corrected chi connectivity index (χ0v) is 15.8. The summed E-state index contributed by atoms with van der Waals surface area (Å²) in [7, 11) is -3.70. The van der Waals surface area contributed by atoms with Gasteiger partial charge in [0.2, 0.25) is 21.9 Å². The summed E-state index contributed by atoms with van der Waals surface area (Å²) in [6.45, 7) is 3.15. The van der Waals surface area contributed by atoms with Crippen molar-refractivity contribution in [3.05, 3.63) is 65.7 Å². The molecule has 1 heterocycles. The number of primary amides is 1. The number of imidazole rings is 1. The van der Waals surface area contributed by atoms with Crippen molar-refractivity contribution in [1.29, 1.82) is 0 Å². The molecule has 0 fully saturated rings. The molecule has 0 spiro atoms. The fraction of sp³-hybridized carbons (Fsp3) is 0.158. The quantitative estimate of drug-likeness (QED) is 0.653. The fourth-order valence-corrected chi connectivity index (χ4v) is 3.96. The lowest BCUT2D eigenvalue weighted by atomic mass is 9.97. The van der Waals surface area contributed by atoms with Crippen molar-refractivity contribution in [2.24, 2.45) is 5.73 Å². The van der Waals surface area contributed by atoms with Gasteiger partial charge in [-0.05, 0) is 42.7 Å². The highest BCUT2D eigenvalue weighted by atomic mass is 32.2. The third kappa shape index (κ3) is 3.43. The number of carbonyl (C=O) groups excluding carboxylic acids is 1. The minimum atomic E-state index is -3.70. The maximum Gasteiger partial charge on any atom is 0.244 e. The van der Waals surface area contributed by atoms with E-state index in [0.717, 1.165) is 9.54 Å². The number of rotatable bonds is 5. The van der Waals surface area contributed by atoms with Crippen LogP contribution in [-0.4, -0.2) is 28.5 Å². The number of carbonyl (C=O) groups is 1. The van der Waals surface area contributed by atoms with Crippen LogP contribution in [-0.2, 0) is 14.8 Å². The first-order chi connectivity index (χ1) is 12.7. The Kier molecular flexibility index (Phi) is 4.75. The van der Waals surface area contributed by atoms with Crippen LogP contribution in [0, 0.1) is 0 Å². The van der Waals surface area contributed by atoms with E-state index in [2.05, 4.69) is 4.98 Å². The Labute approximate surface area is 157 Å². The second kappa shape index (κ2) is 6.88. The second-order valence-electron chi connectivity index (χ2n) is 6.36. The molecule has 27 heavy (non-hydrogen) atoms. The normalized spacial score (nSPS) is 12.6. The number of hydrogen-bond donors (Lipinski definition) is 2. The number of nitrogens with zero attached hydrogens (tertiary/aromatic N) is 2. The van der Waals surface area contributed by atoms with E-state index >= 15 is 0 Å². The first-order valence-corrected chi connectivity index (χ1v) is 9.81. The van der Waals surface area contributed by atoms with E-state index in [1.165, 1.54) is 6.08 Å². The van der Waals surface area contributed by atoms with E-state index in [9.17, 15) is 13.2 Å². The second-order valence-corrected chi connectivity index (χ2v) is 8.70. The van der Waals surface area contributed by atoms with Gasteiger partial charge < -0.3 is 11.5 Å². The molecule has 0 unspecified atom stereocenters. The highest BCUT2D eigenvalue weighted by Gasteiger charge is 2.24. The molecule has 1 aromatic heterocycles. The molecule has 2 aromatic carbocycles. The summed E-state index contributed by atoms with van der Waals surface area (Å²) < 4.78 is 26.5.